The third-order valence-corrected chi connectivity index (χ3v) is 4.10. The Morgan fingerprint density at radius 3 is 1.57 bits per heavy atom. The molecule has 0 aliphatic carbocycles. The van der Waals surface area contributed by atoms with Crippen molar-refractivity contribution in [2.75, 3.05) is 7.11 Å². The highest BCUT2D eigenvalue weighted by Crippen LogP contribution is 2.33. The van der Waals surface area contributed by atoms with Crippen LogP contribution in [0.3, 0.4) is 0 Å². The minimum absolute atomic E-state index is 0.168. The predicted molar refractivity (Wildman–Crippen MR) is 91.5 cm³/mol. The van der Waals surface area contributed by atoms with Crippen molar-refractivity contribution >= 4 is 11.9 Å². The average molecular weight is 398 g/mol. The Hall–Kier alpha value is -3.23. The van der Waals surface area contributed by atoms with Crippen LogP contribution >= 0.6 is 0 Å². The molecule has 2 unspecified atom stereocenters. The number of hydrogen-bond donors (Lipinski definition) is 2. The van der Waals surface area contributed by atoms with Gasteiger partial charge in [-0.3, -0.25) is 9.59 Å². The highest BCUT2D eigenvalue weighted by Gasteiger charge is 2.32. The first-order valence-corrected chi connectivity index (χ1v) is 8.06. The summed E-state index contributed by atoms with van der Waals surface area (Å²) in [5, 5.41) is 19.1. The fourth-order valence-corrected chi connectivity index (χ4v) is 2.73. The molecule has 2 rings (SSSR count). The van der Waals surface area contributed by atoms with Crippen LogP contribution in [0.2, 0.25) is 0 Å². The van der Waals surface area contributed by atoms with Crippen LogP contribution in [0.4, 0.5) is 13.2 Å². The van der Waals surface area contributed by atoms with Gasteiger partial charge in [0, 0.05) is 0 Å². The van der Waals surface area contributed by atoms with Crippen LogP contribution in [0.1, 0.15) is 29.4 Å². The van der Waals surface area contributed by atoms with E-state index in [1.807, 2.05) is 0 Å². The van der Waals surface area contributed by atoms with E-state index in [4.69, 9.17) is 4.74 Å². The molecule has 2 N–H and O–H groups in total. The molecule has 0 saturated heterocycles. The Balaban J connectivity index is 2.26. The maximum Gasteiger partial charge on any atom is 0.573 e. The Kier molecular flexibility index (Phi) is 6.50. The number of methoxy groups -OCH3 is 1. The average Bonchev–Trinajstić information content (AvgIpc) is 2.62. The van der Waals surface area contributed by atoms with Gasteiger partial charge in [0.05, 0.1) is 18.9 Å². The van der Waals surface area contributed by atoms with Crippen molar-refractivity contribution in [3.8, 4) is 11.5 Å². The lowest BCUT2D eigenvalue weighted by Crippen LogP contribution is -2.20. The lowest BCUT2D eigenvalue weighted by molar-refractivity contribution is -0.274. The van der Waals surface area contributed by atoms with E-state index in [1.165, 1.54) is 31.4 Å². The number of carboxylic acids is 2. The number of hydrogen-bond acceptors (Lipinski definition) is 4. The van der Waals surface area contributed by atoms with Gasteiger partial charge in [-0.1, -0.05) is 24.3 Å². The molecular weight excluding hydrogens is 381 g/mol. The highest BCUT2D eigenvalue weighted by molar-refractivity contribution is 5.80. The van der Waals surface area contributed by atoms with E-state index in [0.29, 0.717) is 11.3 Å². The zero-order chi connectivity index (χ0) is 20.9. The quantitative estimate of drug-likeness (QED) is 0.698. The Morgan fingerprint density at radius 1 is 0.857 bits per heavy atom. The number of alkyl halides is 3. The molecule has 0 saturated carbocycles. The second-order valence-corrected chi connectivity index (χ2v) is 5.91. The molecule has 2 atom stereocenters. The van der Waals surface area contributed by atoms with Crippen molar-refractivity contribution in [2.45, 2.75) is 24.6 Å². The molecule has 6 nitrogen and oxygen atoms in total. The van der Waals surface area contributed by atoms with Crippen LogP contribution in [0.15, 0.2) is 48.5 Å². The van der Waals surface area contributed by atoms with E-state index >= 15 is 0 Å². The van der Waals surface area contributed by atoms with Crippen molar-refractivity contribution in [2.24, 2.45) is 0 Å². The summed E-state index contributed by atoms with van der Waals surface area (Å²) in [5.74, 6) is -4.84. The predicted octanol–water partition coefficient (Wildman–Crippen LogP) is 4.02. The second-order valence-electron chi connectivity index (χ2n) is 5.91. The second kappa shape index (κ2) is 8.64. The lowest BCUT2D eigenvalue weighted by atomic mass is 9.85. The van der Waals surface area contributed by atoms with Gasteiger partial charge in [-0.2, -0.15) is 0 Å². The van der Waals surface area contributed by atoms with Crippen LogP contribution in [-0.4, -0.2) is 35.6 Å². The standard InChI is InChI=1S/C19H17F3O6/c1-27-13-6-2-11(3-7-13)15(17(23)24)10-16(18(25)26)12-4-8-14(9-5-12)28-19(20,21)22/h2-9,15-16H,10H2,1H3,(H,23,24)(H,25,26). The van der Waals surface area contributed by atoms with Crippen LogP contribution in [0.5, 0.6) is 11.5 Å². The first kappa shape index (κ1) is 21.1. The maximum absolute atomic E-state index is 12.2. The molecule has 28 heavy (non-hydrogen) atoms. The highest BCUT2D eigenvalue weighted by atomic mass is 19.4. The molecule has 0 heterocycles. The van der Waals surface area contributed by atoms with Crippen LogP contribution < -0.4 is 9.47 Å². The van der Waals surface area contributed by atoms with E-state index < -0.39 is 35.9 Å². The summed E-state index contributed by atoms with van der Waals surface area (Å²) < 4.78 is 45.5. The smallest absolute Gasteiger partial charge is 0.497 e. The fourth-order valence-electron chi connectivity index (χ4n) is 2.73. The Morgan fingerprint density at radius 2 is 1.25 bits per heavy atom. The molecule has 2 aromatic rings. The number of carbonyl (C=O) groups is 2. The summed E-state index contributed by atoms with van der Waals surface area (Å²) in [7, 11) is 1.45. The normalized spacial score (nSPS) is 13.4. The number of carboxylic acid groups (broad SMARTS) is 2. The van der Waals surface area contributed by atoms with Crippen molar-refractivity contribution in [3.05, 3.63) is 59.7 Å². The third-order valence-electron chi connectivity index (χ3n) is 4.10. The van der Waals surface area contributed by atoms with Crippen molar-refractivity contribution in [1.29, 1.82) is 0 Å². The minimum Gasteiger partial charge on any atom is -0.497 e. The van der Waals surface area contributed by atoms with Gasteiger partial charge < -0.3 is 19.7 Å². The maximum atomic E-state index is 12.2. The van der Waals surface area contributed by atoms with Gasteiger partial charge in [-0.05, 0) is 41.8 Å². The molecule has 0 aliphatic rings. The third kappa shape index (κ3) is 5.63. The minimum atomic E-state index is -4.86. The number of rotatable bonds is 8. The molecule has 0 amide bonds. The van der Waals surface area contributed by atoms with E-state index in [9.17, 15) is 33.0 Å². The summed E-state index contributed by atoms with van der Waals surface area (Å²) in [6.07, 6.45) is -5.15. The van der Waals surface area contributed by atoms with Gasteiger partial charge in [0.1, 0.15) is 11.5 Å². The molecule has 0 bridgehead atoms. The number of halogens is 3. The largest absolute Gasteiger partial charge is 0.573 e. The van der Waals surface area contributed by atoms with E-state index in [-0.39, 0.29) is 12.0 Å². The molecule has 150 valence electrons. The molecule has 2 aromatic carbocycles. The fraction of sp³-hybridized carbons (Fsp3) is 0.263. The van der Waals surface area contributed by atoms with Crippen molar-refractivity contribution in [3.63, 3.8) is 0 Å². The van der Waals surface area contributed by atoms with E-state index in [1.54, 1.807) is 12.1 Å². The molecule has 0 radical (unpaired) electrons. The van der Waals surface area contributed by atoms with Gasteiger partial charge >= 0.3 is 18.3 Å². The first-order chi connectivity index (χ1) is 13.1. The SMILES string of the molecule is COc1ccc(C(CC(C(=O)O)c2ccc(OC(F)(F)F)cc2)C(=O)O)cc1. The zero-order valence-electron chi connectivity index (χ0n) is 14.6. The molecular formula is C19H17F3O6. The lowest BCUT2D eigenvalue weighted by Gasteiger charge is -2.19. The van der Waals surface area contributed by atoms with Crippen LogP contribution in [-0.2, 0) is 9.59 Å². The van der Waals surface area contributed by atoms with Crippen LogP contribution in [0, 0.1) is 0 Å². The van der Waals surface area contributed by atoms with E-state index in [0.717, 1.165) is 12.1 Å². The summed E-state index contributed by atoms with van der Waals surface area (Å²) in [6, 6.07) is 10.5. The molecule has 0 spiro atoms. The summed E-state index contributed by atoms with van der Waals surface area (Å²) in [4.78, 5) is 23.4. The number of ether oxygens (including phenoxy) is 2. The molecule has 0 fully saturated rings. The molecule has 0 aliphatic heterocycles. The van der Waals surface area contributed by atoms with Crippen molar-refractivity contribution < 1.29 is 42.4 Å². The number of aliphatic carboxylic acids is 2. The monoisotopic (exact) mass is 398 g/mol. The topological polar surface area (TPSA) is 93.1 Å². The number of benzene rings is 2. The first-order valence-electron chi connectivity index (χ1n) is 8.06. The summed E-state index contributed by atoms with van der Waals surface area (Å²) in [6.45, 7) is 0. The van der Waals surface area contributed by atoms with E-state index in [2.05, 4.69) is 4.74 Å². The van der Waals surface area contributed by atoms with Crippen LogP contribution in [0.25, 0.3) is 0 Å². The van der Waals surface area contributed by atoms with Gasteiger partial charge in [0.25, 0.3) is 0 Å². The summed E-state index contributed by atoms with van der Waals surface area (Å²) in [5.41, 5.74) is 0.554. The van der Waals surface area contributed by atoms with Crippen molar-refractivity contribution in [1.82, 2.24) is 0 Å². The van der Waals surface area contributed by atoms with Gasteiger partial charge in [-0.15, -0.1) is 13.2 Å². The summed E-state index contributed by atoms with van der Waals surface area (Å²) >= 11 is 0. The Bertz CT molecular complexity index is 815. The molecule has 9 heteroatoms. The zero-order valence-corrected chi connectivity index (χ0v) is 14.6. The van der Waals surface area contributed by atoms with Gasteiger partial charge in [0.15, 0.2) is 0 Å². The van der Waals surface area contributed by atoms with Gasteiger partial charge in [-0.25, -0.2) is 0 Å². The Labute approximate surface area is 158 Å². The van der Waals surface area contributed by atoms with Gasteiger partial charge in [0.2, 0.25) is 0 Å². The molecule has 0 aromatic heterocycles.